The van der Waals surface area contributed by atoms with Crippen LogP contribution in [-0.4, -0.2) is 53.3 Å². The van der Waals surface area contributed by atoms with Crippen molar-refractivity contribution in [2.75, 3.05) is 32.1 Å². The van der Waals surface area contributed by atoms with Crippen LogP contribution >= 0.6 is 0 Å². The van der Waals surface area contributed by atoms with Crippen molar-refractivity contribution in [2.24, 2.45) is 5.92 Å². The summed E-state index contributed by atoms with van der Waals surface area (Å²) in [6.45, 7) is 13.0. The Labute approximate surface area is 185 Å². The second-order valence-electron chi connectivity index (χ2n) is 9.37. The zero-order valence-electron chi connectivity index (χ0n) is 19.9. The summed E-state index contributed by atoms with van der Waals surface area (Å²) in [4.78, 5) is 27.0. The van der Waals surface area contributed by atoms with Gasteiger partial charge in [0.1, 0.15) is 5.82 Å². The zero-order chi connectivity index (χ0) is 23.2. The van der Waals surface area contributed by atoms with Crippen molar-refractivity contribution in [2.45, 2.75) is 53.4 Å². The molecular weight excluding hydrogens is 392 g/mol. The number of carbonyl (C=O) groups excluding carboxylic acids is 2. The smallest absolute Gasteiger partial charge is 0.245 e. The van der Waals surface area contributed by atoms with Gasteiger partial charge in [-0.15, -0.1) is 0 Å². The van der Waals surface area contributed by atoms with Crippen molar-refractivity contribution in [3.05, 3.63) is 41.6 Å². The van der Waals surface area contributed by atoms with E-state index in [9.17, 15) is 9.59 Å². The predicted octanol–water partition coefficient (Wildman–Crippen LogP) is 3.94. The number of amides is 2. The SMILES string of the molecule is COCCN(CC(=O)Nc1cc(C(C)(C)C)nn1-c1cccc(C)c1)C(=O)CC(C)C. The maximum absolute atomic E-state index is 12.9. The summed E-state index contributed by atoms with van der Waals surface area (Å²) in [6.07, 6.45) is 0.395. The third-order valence-corrected chi connectivity index (χ3v) is 4.83. The van der Waals surface area contributed by atoms with E-state index in [4.69, 9.17) is 9.84 Å². The number of anilines is 1. The van der Waals surface area contributed by atoms with Crippen LogP contribution in [0.3, 0.4) is 0 Å². The molecule has 0 saturated heterocycles. The van der Waals surface area contributed by atoms with Crippen LogP contribution in [0, 0.1) is 12.8 Å². The van der Waals surface area contributed by atoms with E-state index in [-0.39, 0.29) is 29.7 Å². The van der Waals surface area contributed by atoms with Gasteiger partial charge in [-0.2, -0.15) is 5.10 Å². The van der Waals surface area contributed by atoms with Gasteiger partial charge >= 0.3 is 0 Å². The Morgan fingerprint density at radius 1 is 1.23 bits per heavy atom. The lowest BCUT2D eigenvalue weighted by atomic mass is 9.92. The molecule has 0 fully saturated rings. The van der Waals surface area contributed by atoms with E-state index >= 15 is 0 Å². The molecule has 7 heteroatoms. The highest BCUT2D eigenvalue weighted by atomic mass is 16.5. The topological polar surface area (TPSA) is 76.5 Å². The van der Waals surface area contributed by atoms with Gasteiger partial charge in [-0.1, -0.05) is 46.8 Å². The minimum Gasteiger partial charge on any atom is -0.383 e. The number of hydrogen-bond donors (Lipinski definition) is 1. The van der Waals surface area contributed by atoms with Crippen molar-refractivity contribution in [1.29, 1.82) is 0 Å². The lowest BCUT2D eigenvalue weighted by Gasteiger charge is -2.23. The monoisotopic (exact) mass is 428 g/mol. The van der Waals surface area contributed by atoms with E-state index in [1.807, 2.05) is 51.1 Å². The average Bonchev–Trinajstić information content (AvgIpc) is 3.08. The number of ether oxygens (including phenoxy) is 1. The quantitative estimate of drug-likeness (QED) is 0.656. The molecule has 1 aromatic carbocycles. The third kappa shape index (κ3) is 7.21. The molecule has 0 saturated carbocycles. The molecule has 0 unspecified atom stereocenters. The summed E-state index contributed by atoms with van der Waals surface area (Å²) in [6, 6.07) is 9.86. The Kier molecular flexibility index (Phi) is 8.39. The zero-order valence-corrected chi connectivity index (χ0v) is 19.9. The molecule has 0 aliphatic heterocycles. The average molecular weight is 429 g/mol. The molecule has 0 aliphatic carbocycles. The van der Waals surface area contributed by atoms with Crippen molar-refractivity contribution in [1.82, 2.24) is 14.7 Å². The molecule has 0 aliphatic rings. The van der Waals surface area contributed by atoms with Crippen LogP contribution in [-0.2, 0) is 19.7 Å². The summed E-state index contributed by atoms with van der Waals surface area (Å²) in [7, 11) is 1.58. The molecule has 170 valence electrons. The van der Waals surface area contributed by atoms with Crippen LogP contribution in [0.4, 0.5) is 5.82 Å². The first-order valence-electron chi connectivity index (χ1n) is 10.8. The number of nitrogens with one attached hydrogen (secondary N) is 1. The largest absolute Gasteiger partial charge is 0.383 e. The molecule has 0 spiro atoms. The minimum absolute atomic E-state index is 0.0290. The molecule has 1 N–H and O–H groups in total. The van der Waals surface area contributed by atoms with E-state index in [1.165, 1.54) is 0 Å². The number of aryl methyl sites for hydroxylation is 1. The number of rotatable bonds is 9. The molecule has 1 heterocycles. The van der Waals surface area contributed by atoms with Gasteiger partial charge < -0.3 is 15.0 Å². The molecule has 2 amide bonds. The molecule has 7 nitrogen and oxygen atoms in total. The highest BCUT2D eigenvalue weighted by molar-refractivity contribution is 5.94. The number of hydrogen-bond acceptors (Lipinski definition) is 4. The van der Waals surface area contributed by atoms with Crippen LogP contribution in [0.15, 0.2) is 30.3 Å². The van der Waals surface area contributed by atoms with Gasteiger partial charge in [0.15, 0.2) is 0 Å². The second kappa shape index (κ2) is 10.6. The molecule has 0 radical (unpaired) electrons. The Morgan fingerprint density at radius 2 is 1.94 bits per heavy atom. The van der Waals surface area contributed by atoms with Crippen LogP contribution in [0.2, 0.25) is 0 Å². The Balaban J connectivity index is 2.27. The standard InChI is InChI=1S/C24H36N4O3/c1-17(2)13-23(30)27(11-12-31-7)16-22(29)25-21-15-20(24(4,5)6)26-28(21)19-10-8-9-18(3)14-19/h8-10,14-15,17H,11-13,16H2,1-7H3,(H,25,29). The van der Waals surface area contributed by atoms with Crippen LogP contribution < -0.4 is 5.32 Å². The molecule has 1 aromatic heterocycles. The van der Waals surface area contributed by atoms with Gasteiger partial charge in [0, 0.05) is 31.6 Å². The number of aromatic nitrogens is 2. The van der Waals surface area contributed by atoms with Crippen molar-refractivity contribution in [3.8, 4) is 5.69 Å². The van der Waals surface area contributed by atoms with Gasteiger partial charge in [0.25, 0.3) is 0 Å². The van der Waals surface area contributed by atoms with Crippen LogP contribution in [0.1, 0.15) is 52.3 Å². The first-order chi connectivity index (χ1) is 14.5. The number of nitrogens with zero attached hydrogens (tertiary/aromatic N) is 3. The van der Waals surface area contributed by atoms with Gasteiger partial charge in [-0.3, -0.25) is 9.59 Å². The highest BCUT2D eigenvalue weighted by Gasteiger charge is 2.23. The lowest BCUT2D eigenvalue weighted by molar-refractivity contribution is -0.136. The van der Waals surface area contributed by atoms with E-state index in [2.05, 4.69) is 26.1 Å². The summed E-state index contributed by atoms with van der Waals surface area (Å²) in [5, 5.41) is 7.71. The van der Waals surface area contributed by atoms with E-state index in [1.54, 1.807) is 16.7 Å². The minimum atomic E-state index is -0.262. The molecule has 2 rings (SSSR count). The molecular formula is C24H36N4O3. The fourth-order valence-electron chi connectivity index (χ4n) is 3.12. The number of benzene rings is 1. The Morgan fingerprint density at radius 3 is 2.52 bits per heavy atom. The summed E-state index contributed by atoms with van der Waals surface area (Å²) < 4.78 is 6.87. The maximum Gasteiger partial charge on any atom is 0.245 e. The Bertz CT molecular complexity index is 896. The van der Waals surface area contributed by atoms with Gasteiger partial charge in [-0.25, -0.2) is 4.68 Å². The van der Waals surface area contributed by atoms with Crippen molar-refractivity contribution < 1.29 is 14.3 Å². The van der Waals surface area contributed by atoms with E-state index in [0.717, 1.165) is 16.9 Å². The fourth-order valence-corrected chi connectivity index (χ4v) is 3.12. The van der Waals surface area contributed by atoms with Gasteiger partial charge in [0.2, 0.25) is 11.8 Å². The number of methoxy groups -OCH3 is 1. The molecule has 31 heavy (non-hydrogen) atoms. The predicted molar refractivity (Wildman–Crippen MR) is 124 cm³/mol. The van der Waals surface area contributed by atoms with Crippen LogP contribution in [0.25, 0.3) is 5.69 Å². The highest BCUT2D eigenvalue weighted by Crippen LogP contribution is 2.26. The van der Waals surface area contributed by atoms with Gasteiger partial charge in [-0.05, 0) is 30.5 Å². The first-order valence-corrected chi connectivity index (χ1v) is 10.8. The molecule has 2 aromatic rings. The summed E-state index contributed by atoms with van der Waals surface area (Å²) in [5.41, 5.74) is 2.67. The van der Waals surface area contributed by atoms with E-state index < -0.39 is 0 Å². The Hall–Kier alpha value is -2.67. The second-order valence-corrected chi connectivity index (χ2v) is 9.37. The fraction of sp³-hybridized carbons (Fsp3) is 0.542. The van der Waals surface area contributed by atoms with Crippen LogP contribution in [0.5, 0.6) is 0 Å². The maximum atomic E-state index is 12.9. The van der Waals surface area contributed by atoms with Gasteiger partial charge in [0.05, 0.1) is 24.5 Å². The molecule has 0 bridgehead atoms. The molecule has 0 atom stereocenters. The lowest BCUT2D eigenvalue weighted by Crippen LogP contribution is -2.40. The van der Waals surface area contributed by atoms with Crippen molar-refractivity contribution >= 4 is 17.6 Å². The van der Waals surface area contributed by atoms with E-state index in [0.29, 0.717) is 25.4 Å². The summed E-state index contributed by atoms with van der Waals surface area (Å²) in [5.74, 6) is 0.494. The summed E-state index contributed by atoms with van der Waals surface area (Å²) >= 11 is 0. The normalized spacial score (nSPS) is 11.6. The van der Waals surface area contributed by atoms with Crippen molar-refractivity contribution in [3.63, 3.8) is 0 Å². The number of carbonyl (C=O) groups is 2. The first kappa shape index (κ1) is 24.6. The third-order valence-electron chi connectivity index (χ3n) is 4.83.